The Morgan fingerprint density at radius 1 is 1.21 bits per heavy atom. The standard InChI is InChI=1S/C19H17NO4/c1-3-24-18-9-6-14(19(21)22)10-15(18)11-16(12-20)13-4-7-17(23-2)8-5-13/h4-11H,3H2,1-2H3,(H,21,22)/b16-11+. The minimum atomic E-state index is -1.03. The van der Waals surface area contributed by atoms with E-state index in [1.54, 1.807) is 43.5 Å². The number of hydrogen-bond acceptors (Lipinski definition) is 4. The van der Waals surface area contributed by atoms with Crippen LogP contribution >= 0.6 is 0 Å². The van der Waals surface area contributed by atoms with Gasteiger partial charge in [0.05, 0.1) is 30.9 Å². The molecule has 0 atom stereocenters. The SMILES string of the molecule is CCOc1ccc(C(=O)O)cc1/C=C(\C#N)c1ccc(OC)cc1. The first kappa shape index (κ1) is 17.1. The number of ether oxygens (including phenoxy) is 2. The van der Waals surface area contributed by atoms with Gasteiger partial charge >= 0.3 is 5.97 Å². The van der Waals surface area contributed by atoms with E-state index in [1.807, 2.05) is 6.92 Å². The predicted molar refractivity (Wildman–Crippen MR) is 91.0 cm³/mol. The number of benzene rings is 2. The summed E-state index contributed by atoms with van der Waals surface area (Å²) in [4.78, 5) is 11.2. The maximum absolute atomic E-state index is 11.2. The summed E-state index contributed by atoms with van der Waals surface area (Å²) in [5.74, 6) is 0.193. The second kappa shape index (κ2) is 7.84. The molecule has 0 aliphatic carbocycles. The molecule has 0 saturated heterocycles. The zero-order valence-electron chi connectivity index (χ0n) is 13.4. The fourth-order valence-electron chi connectivity index (χ4n) is 2.19. The molecule has 2 aromatic carbocycles. The van der Waals surface area contributed by atoms with Crippen molar-refractivity contribution in [3.05, 3.63) is 59.2 Å². The van der Waals surface area contributed by atoms with E-state index in [9.17, 15) is 10.1 Å². The first-order chi connectivity index (χ1) is 11.6. The van der Waals surface area contributed by atoms with Crippen LogP contribution in [0.1, 0.15) is 28.4 Å². The summed E-state index contributed by atoms with van der Waals surface area (Å²) in [5.41, 5.74) is 1.79. The molecule has 0 radical (unpaired) electrons. The Hall–Kier alpha value is -3.26. The third kappa shape index (κ3) is 3.93. The number of carboxylic acid groups (broad SMARTS) is 1. The van der Waals surface area contributed by atoms with Crippen LogP contribution in [0.15, 0.2) is 42.5 Å². The van der Waals surface area contributed by atoms with Crippen molar-refractivity contribution in [2.24, 2.45) is 0 Å². The Bertz CT molecular complexity index is 801. The van der Waals surface area contributed by atoms with Gasteiger partial charge in [-0.25, -0.2) is 4.79 Å². The Morgan fingerprint density at radius 2 is 1.88 bits per heavy atom. The van der Waals surface area contributed by atoms with E-state index in [4.69, 9.17) is 14.6 Å². The molecule has 5 heteroatoms. The molecule has 0 fully saturated rings. The van der Waals surface area contributed by atoms with E-state index < -0.39 is 5.97 Å². The molecule has 0 heterocycles. The van der Waals surface area contributed by atoms with Gasteiger partial charge in [-0.2, -0.15) is 5.26 Å². The predicted octanol–water partition coefficient (Wildman–Crippen LogP) is 3.86. The van der Waals surface area contributed by atoms with Crippen molar-refractivity contribution in [1.29, 1.82) is 5.26 Å². The van der Waals surface area contributed by atoms with Crippen molar-refractivity contribution in [2.45, 2.75) is 6.92 Å². The second-order valence-corrected chi connectivity index (χ2v) is 4.89. The van der Waals surface area contributed by atoms with Gasteiger partial charge in [0.1, 0.15) is 11.5 Å². The van der Waals surface area contributed by atoms with E-state index in [0.717, 1.165) is 0 Å². The zero-order valence-corrected chi connectivity index (χ0v) is 13.4. The minimum Gasteiger partial charge on any atom is -0.497 e. The number of nitrogens with zero attached hydrogens (tertiary/aromatic N) is 1. The molecule has 5 nitrogen and oxygen atoms in total. The van der Waals surface area contributed by atoms with E-state index in [2.05, 4.69) is 6.07 Å². The fraction of sp³-hybridized carbons (Fsp3) is 0.158. The van der Waals surface area contributed by atoms with Gasteiger partial charge in [-0.15, -0.1) is 0 Å². The Morgan fingerprint density at radius 3 is 2.42 bits per heavy atom. The first-order valence-corrected chi connectivity index (χ1v) is 7.35. The highest BCUT2D eigenvalue weighted by Crippen LogP contribution is 2.27. The molecule has 0 unspecified atom stereocenters. The number of carboxylic acids is 1. The molecule has 0 bridgehead atoms. The van der Waals surface area contributed by atoms with Crippen LogP contribution in [0.2, 0.25) is 0 Å². The van der Waals surface area contributed by atoms with Crippen molar-refractivity contribution in [3.8, 4) is 17.6 Å². The van der Waals surface area contributed by atoms with Crippen molar-refractivity contribution >= 4 is 17.6 Å². The molecule has 122 valence electrons. The zero-order chi connectivity index (χ0) is 17.5. The number of rotatable bonds is 6. The van der Waals surface area contributed by atoms with Crippen LogP contribution in [0.3, 0.4) is 0 Å². The van der Waals surface area contributed by atoms with Gasteiger partial charge in [-0.3, -0.25) is 0 Å². The lowest BCUT2D eigenvalue weighted by Gasteiger charge is -2.09. The number of hydrogen-bond donors (Lipinski definition) is 1. The molecular formula is C19H17NO4. The molecule has 2 aromatic rings. The molecular weight excluding hydrogens is 306 g/mol. The first-order valence-electron chi connectivity index (χ1n) is 7.35. The highest BCUT2D eigenvalue weighted by Gasteiger charge is 2.10. The Balaban J connectivity index is 2.50. The summed E-state index contributed by atoms with van der Waals surface area (Å²) in [6.45, 7) is 2.28. The smallest absolute Gasteiger partial charge is 0.335 e. The monoisotopic (exact) mass is 323 g/mol. The lowest BCUT2D eigenvalue weighted by molar-refractivity contribution is 0.0697. The molecule has 0 aliphatic heterocycles. The molecule has 0 aromatic heterocycles. The normalized spacial score (nSPS) is 10.8. The van der Waals surface area contributed by atoms with Crippen LogP contribution < -0.4 is 9.47 Å². The highest BCUT2D eigenvalue weighted by atomic mass is 16.5. The van der Waals surface area contributed by atoms with Crippen molar-refractivity contribution in [1.82, 2.24) is 0 Å². The van der Waals surface area contributed by atoms with Crippen molar-refractivity contribution < 1.29 is 19.4 Å². The number of carbonyl (C=O) groups is 1. The molecule has 0 amide bonds. The minimum absolute atomic E-state index is 0.136. The van der Waals surface area contributed by atoms with Crippen LogP contribution in [-0.2, 0) is 0 Å². The molecule has 0 spiro atoms. The third-order valence-electron chi connectivity index (χ3n) is 3.38. The molecule has 0 saturated carbocycles. The molecule has 2 rings (SSSR count). The number of nitriles is 1. The van der Waals surface area contributed by atoms with E-state index in [-0.39, 0.29) is 5.56 Å². The van der Waals surface area contributed by atoms with Gasteiger partial charge in [-0.05, 0) is 61.0 Å². The van der Waals surface area contributed by atoms with Crippen LogP contribution in [0, 0.1) is 11.3 Å². The lowest BCUT2D eigenvalue weighted by atomic mass is 10.0. The van der Waals surface area contributed by atoms with Gasteiger partial charge in [-0.1, -0.05) is 0 Å². The van der Waals surface area contributed by atoms with E-state index in [0.29, 0.717) is 34.8 Å². The average Bonchev–Trinajstić information content (AvgIpc) is 2.61. The van der Waals surface area contributed by atoms with Gasteiger partial charge < -0.3 is 14.6 Å². The largest absolute Gasteiger partial charge is 0.497 e. The summed E-state index contributed by atoms with van der Waals surface area (Å²) >= 11 is 0. The van der Waals surface area contributed by atoms with E-state index >= 15 is 0 Å². The molecule has 0 aliphatic rings. The van der Waals surface area contributed by atoms with Crippen molar-refractivity contribution in [2.75, 3.05) is 13.7 Å². The molecule has 1 N–H and O–H groups in total. The maximum atomic E-state index is 11.2. The topological polar surface area (TPSA) is 79.5 Å². The molecule has 24 heavy (non-hydrogen) atoms. The summed E-state index contributed by atoms with van der Waals surface area (Å²) in [5, 5.41) is 18.6. The number of methoxy groups -OCH3 is 1. The maximum Gasteiger partial charge on any atom is 0.335 e. The van der Waals surface area contributed by atoms with Crippen LogP contribution in [-0.4, -0.2) is 24.8 Å². The summed E-state index contributed by atoms with van der Waals surface area (Å²) in [7, 11) is 1.57. The van der Waals surface area contributed by atoms with Gasteiger partial charge in [0.2, 0.25) is 0 Å². The lowest BCUT2D eigenvalue weighted by Crippen LogP contribution is -2.00. The van der Waals surface area contributed by atoms with Gasteiger partial charge in [0, 0.05) is 5.56 Å². The highest BCUT2D eigenvalue weighted by molar-refractivity contribution is 5.93. The Labute approximate surface area is 140 Å². The fourth-order valence-corrected chi connectivity index (χ4v) is 2.19. The summed E-state index contributed by atoms with van der Waals surface area (Å²) in [6.07, 6.45) is 1.62. The number of aromatic carboxylic acids is 1. The summed E-state index contributed by atoms with van der Waals surface area (Å²) < 4.78 is 10.6. The van der Waals surface area contributed by atoms with Crippen molar-refractivity contribution in [3.63, 3.8) is 0 Å². The second-order valence-electron chi connectivity index (χ2n) is 4.89. The van der Waals surface area contributed by atoms with Crippen LogP contribution in [0.25, 0.3) is 11.6 Å². The van der Waals surface area contributed by atoms with E-state index in [1.165, 1.54) is 12.1 Å². The summed E-state index contributed by atoms with van der Waals surface area (Å²) in [6, 6.07) is 13.8. The van der Waals surface area contributed by atoms with Gasteiger partial charge in [0.15, 0.2) is 0 Å². The number of allylic oxidation sites excluding steroid dienone is 1. The quantitative estimate of drug-likeness (QED) is 0.645. The van der Waals surface area contributed by atoms with Crippen LogP contribution in [0.5, 0.6) is 11.5 Å². The average molecular weight is 323 g/mol. The van der Waals surface area contributed by atoms with Gasteiger partial charge in [0.25, 0.3) is 0 Å². The Kier molecular flexibility index (Phi) is 5.58. The van der Waals surface area contributed by atoms with Crippen LogP contribution in [0.4, 0.5) is 0 Å². The third-order valence-corrected chi connectivity index (χ3v) is 3.38.